The quantitative estimate of drug-likeness (QED) is 0.437. The molecule has 28 heavy (non-hydrogen) atoms. The van der Waals surface area contributed by atoms with Crippen molar-refractivity contribution in [2.45, 2.75) is 13.3 Å². The minimum atomic E-state index is -0.578. The largest absolute Gasteiger partial charge is 0.280 e. The van der Waals surface area contributed by atoms with E-state index in [0.717, 1.165) is 14.2 Å². The van der Waals surface area contributed by atoms with Gasteiger partial charge in [-0.1, -0.05) is 28.1 Å². The Morgan fingerprint density at radius 1 is 1.00 bits per heavy atom. The summed E-state index contributed by atoms with van der Waals surface area (Å²) in [7, 11) is 0. The molecule has 0 spiro atoms. The molecule has 0 radical (unpaired) electrons. The summed E-state index contributed by atoms with van der Waals surface area (Å²) in [5.74, 6) is -0.733. The van der Waals surface area contributed by atoms with Gasteiger partial charge in [0.1, 0.15) is 12.2 Å². The molecule has 0 unspecified atom stereocenters. The molecule has 1 aliphatic heterocycles. The number of carbonyl (C=O) groups excluding carboxylic acids is 2. The molecule has 4 rings (SSSR count). The summed E-state index contributed by atoms with van der Waals surface area (Å²) in [6.45, 7) is 1.62. The van der Waals surface area contributed by atoms with Crippen LogP contribution >= 0.6 is 28.1 Å². The second-order valence-corrected chi connectivity index (χ2v) is 7.44. The van der Waals surface area contributed by atoms with Crippen LogP contribution in [0.4, 0.5) is 5.69 Å². The fourth-order valence-electron chi connectivity index (χ4n) is 3.10. The standard InChI is InChI=1S/C19H13BrN4O3S/c1-11-21-15-5-3-2-4-14(15)18(27)23(11)24-17(26)10-16(25)22(19(24)28)13-8-6-12(20)7-9-13/h2-9H,10H2,1H3. The van der Waals surface area contributed by atoms with Gasteiger partial charge in [-0.15, -0.1) is 0 Å². The number of hydrogen-bond donors (Lipinski definition) is 0. The molecular formula is C19H13BrN4O3S. The maximum absolute atomic E-state index is 13.1. The Bertz CT molecular complexity index is 1210. The van der Waals surface area contributed by atoms with E-state index in [1.165, 1.54) is 4.90 Å². The number of carbonyl (C=O) groups is 2. The number of rotatable bonds is 2. The third-order valence-electron chi connectivity index (χ3n) is 4.36. The van der Waals surface area contributed by atoms with E-state index in [1.807, 2.05) is 0 Å². The average molecular weight is 457 g/mol. The van der Waals surface area contributed by atoms with Crippen molar-refractivity contribution in [2.75, 3.05) is 9.91 Å². The van der Waals surface area contributed by atoms with Crippen LogP contribution in [0.1, 0.15) is 12.2 Å². The zero-order valence-electron chi connectivity index (χ0n) is 14.6. The first-order chi connectivity index (χ1) is 13.4. The van der Waals surface area contributed by atoms with Gasteiger partial charge in [0.2, 0.25) is 11.0 Å². The van der Waals surface area contributed by atoms with Crippen LogP contribution in [0.5, 0.6) is 0 Å². The van der Waals surface area contributed by atoms with Crippen LogP contribution in [0.15, 0.2) is 57.8 Å². The van der Waals surface area contributed by atoms with Gasteiger partial charge in [0, 0.05) is 4.47 Å². The zero-order chi connectivity index (χ0) is 20.0. The van der Waals surface area contributed by atoms with E-state index in [2.05, 4.69) is 20.9 Å². The number of para-hydroxylation sites is 1. The fraction of sp³-hybridized carbons (Fsp3) is 0.105. The van der Waals surface area contributed by atoms with Crippen molar-refractivity contribution in [3.63, 3.8) is 0 Å². The lowest BCUT2D eigenvalue weighted by molar-refractivity contribution is -0.127. The number of nitrogens with zero attached hydrogens (tertiary/aromatic N) is 4. The first-order valence-electron chi connectivity index (χ1n) is 8.32. The summed E-state index contributed by atoms with van der Waals surface area (Å²) >= 11 is 8.80. The molecule has 0 N–H and O–H groups in total. The molecule has 1 fully saturated rings. The minimum Gasteiger partial charge on any atom is -0.273 e. The van der Waals surface area contributed by atoms with Gasteiger partial charge < -0.3 is 0 Å². The Morgan fingerprint density at radius 2 is 1.68 bits per heavy atom. The smallest absolute Gasteiger partial charge is 0.273 e. The Hall–Kier alpha value is -2.91. The minimum absolute atomic E-state index is 0.0918. The fourth-order valence-corrected chi connectivity index (χ4v) is 3.76. The van der Waals surface area contributed by atoms with Crippen molar-refractivity contribution in [2.24, 2.45) is 0 Å². The SMILES string of the molecule is Cc1nc2ccccc2c(=O)n1N1C(=O)CC(=O)N(c2ccc(Br)cc2)C1=S. The van der Waals surface area contributed by atoms with Gasteiger partial charge in [-0.3, -0.25) is 19.3 Å². The van der Waals surface area contributed by atoms with Gasteiger partial charge in [-0.05, 0) is 55.5 Å². The van der Waals surface area contributed by atoms with Gasteiger partial charge >= 0.3 is 0 Å². The second kappa shape index (κ2) is 6.92. The molecule has 0 bridgehead atoms. The highest BCUT2D eigenvalue weighted by atomic mass is 79.9. The van der Waals surface area contributed by atoms with E-state index in [1.54, 1.807) is 55.5 Å². The van der Waals surface area contributed by atoms with Crippen LogP contribution in [0.2, 0.25) is 0 Å². The van der Waals surface area contributed by atoms with Gasteiger partial charge in [0.15, 0.2) is 0 Å². The lowest BCUT2D eigenvalue weighted by atomic mass is 10.2. The highest BCUT2D eigenvalue weighted by Crippen LogP contribution is 2.24. The number of halogens is 1. The highest BCUT2D eigenvalue weighted by molar-refractivity contribution is 9.10. The predicted molar refractivity (Wildman–Crippen MR) is 113 cm³/mol. The van der Waals surface area contributed by atoms with Crippen LogP contribution in [0, 0.1) is 6.92 Å². The summed E-state index contributed by atoms with van der Waals surface area (Å²) in [4.78, 5) is 44.0. The lowest BCUT2D eigenvalue weighted by Crippen LogP contribution is -2.62. The topological polar surface area (TPSA) is 75.5 Å². The van der Waals surface area contributed by atoms with Crippen LogP contribution in [0.25, 0.3) is 10.9 Å². The number of aromatic nitrogens is 2. The molecule has 2 aromatic carbocycles. The first-order valence-corrected chi connectivity index (χ1v) is 9.53. The van der Waals surface area contributed by atoms with Crippen LogP contribution in [0.3, 0.4) is 0 Å². The molecule has 2 amide bonds. The summed E-state index contributed by atoms with van der Waals surface area (Å²) in [6, 6.07) is 13.8. The first kappa shape index (κ1) is 18.5. The Morgan fingerprint density at radius 3 is 2.39 bits per heavy atom. The van der Waals surface area contributed by atoms with E-state index in [9.17, 15) is 14.4 Å². The Labute approximate surface area is 173 Å². The van der Waals surface area contributed by atoms with E-state index < -0.39 is 23.8 Å². The molecule has 0 atom stereocenters. The van der Waals surface area contributed by atoms with E-state index in [4.69, 9.17) is 12.2 Å². The van der Waals surface area contributed by atoms with Crippen molar-refractivity contribution >= 4 is 61.7 Å². The maximum atomic E-state index is 13.1. The third-order valence-corrected chi connectivity index (χ3v) is 5.25. The molecule has 2 heterocycles. The Balaban J connectivity index is 1.87. The summed E-state index contributed by atoms with van der Waals surface area (Å²) in [6.07, 6.45) is -0.408. The summed E-state index contributed by atoms with van der Waals surface area (Å²) < 4.78 is 1.97. The second-order valence-electron chi connectivity index (χ2n) is 6.16. The number of fused-ring (bicyclic) bond motifs is 1. The van der Waals surface area contributed by atoms with Gasteiger partial charge in [0.25, 0.3) is 11.5 Å². The third kappa shape index (κ3) is 2.92. The monoisotopic (exact) mass is 456 g/mol. The number of anilines is 1. The van der Waals surface area contributed by atoms with Crippen molar-refractivity contribution in [1.82, 2.24) is 9.66 Å². The summed E-state index contributed by atoms with van der Waals surface area (Å²) in [5, 5.41) is 1.32. The Kier molecular flexibility index (Phi) is 4.56. The molecule has 7 nitrogen and oxygen atoms in total. The van der Waals surface area contributed by atoms with Gasteiger partial charge in [-0.25, -0.2) is 4.98 Å². The van der Waals surface area contributed by atoms with Crippen LogP contribution in [-0.4, -0.2) is 26.6 Å². The van der Waals surface area contributed by atoms with Gasteiger partial charge in [-0.2, -0.15) is 9.69 Å². The van der Waals surface area contributed by atoms with Crippen molar-refractivity contribution in [3.05, 3.63) is 69.2 Å². The van der Waals surface area contributed by atoms with E-state index in [-0.39, 0.29) is 5.11 Å². The normalized spacial score (nSPS) is 14.9. The maximum Gasteiger partial charge on any atom is 0.280 e. The average Bonchev–Trinajstić information content (AvgIpc) is 2.65. The molecular weight excluding hydrogens is 444 g/mol. The van der Waals surface area contributed by atoms with Crippen molar-refractivity contribution in [1.29, 1.82) is 0 Å². The number of hydrogen-bond acceptors (Lipinski definition) is 5. The predicted octanol–water partition coefficient (Wildman–Crippen LogP) is 2.65. The number of benzene rings is 2. The molecule has 1 saturated heterocycles. The molecule has 1 aromatic heterocycles. The molecule has 1 aliphatic rings. The molecule has 0 saturated carbocycles. The van der Waals surface area contributed by atoms with Crippen LogP contribution < -0.4 is 15.5 Å². The molecule has 140 valence electrons. The van der Waals surface area contributed by atoms with E-state index >= 15 is 0 Å². The van der Waals surface area contributed by atoms with Crippen molar-refractivity contribution < 1.29 is 9.59 Å². The lowest BCUT2D eigenvalue weighted by Gasteiger charge is -2.36. The molecule has 3 aromatic rings. The van der Waals surface area contributed by atoms with Crippen molar-refractivity contribution in [3.8, 4) is 0 Å². The zero-order valence-corrected chi connectivity index (χ0v) is 17.0. The number of thiocarbonyl (C=S) groups is 1. The number of amides is 2. The summed E-state index contributed by atoms with van der Waals surface area (Å²) in [5.41, 5.74) is 0.608. The number of aryl methyl sites for hydroxylation is 1. The molecule has 0 aliphatic carbocycles. The van der Waals surface area contributed by atoms with Crippen LogP contribution in [-0.2, 0) is 9.59 Å². The highest BCUT2D eigenvalue weighted by Gasteiger charge is 2.38. The molecule has 9 heteroatoms. The van der Waals surface area contributed by atoms with Gasteiger partial charge in [0.05, 0.1) is 16.6 Å². The van der Waals surface area contributed by atoms with E-state index in [0.29, 0.717) is 22.4 Å².